The number of halogens is 1. The van der Waals surface area contributed by atoms with Crippen molar-refractivity contribution in [2.24, 2.45) is 0 Å². The van der Waals surface area contributed by atoms with Crippen LogP contribution in [-0.4, -0.2) is 34.3 Å². The van der Waals surface area contributed by atoms with Crippen molar-refractivity contribution in [2.45, 2.75) is 11.7 Å². The zero-order chi connectivity index (χ0) is 20.1. The van der Waals surface area contributed by atoms with Crippen LogP contribution in [0.3, 0.4) is 0 Å². The Labute approximate surface area is 163 Å². The van der Waals surface area contributed by atoms with Crippen LogP contribution in [0.15, 0.2) is 58.5 Å². The first-order chi connectivity index (χ1) is 13.5. The lowest BCUT2D eigenvalue weighted by molar-refractivity contribution is -0.141. The summed E-state index contributed by atoms with van der Waals surface area (Å²) >= 11 is 1.02. The summed E-state index contributed by atoms with van der Waals surface area (Å²) in [6.45, 7) is -0.310. The Morgan fingerprint density at radius 1 is 1.18 bits per heavy atom. The van der Waals surface area contributed by atoms with Crippen molar-refractivity contribution < 1.29 is 18.7 Å². The molecule has 2 aromatic carbocycles. The van der Waals surface area contributed by atoms with Crippen molar-refractivity contribution in [1.29, 1.82) is 0 Å². The molecule has 144 valence electrons. The quantitative estimate of drug-likeness (QED) is 0.388. The Bertz CT molecular complexity index is 1080. The maximum atomic E-state index is 12.9. The fourth-order valence-electron chi connectivity index (χ4n) is 2.45. The van der Waals surface area contributed by atoms with Crippen molar-refractivity contribution >= 4 is 40.2 Å². The van der Waals surface area contributed by atoms with Crippen LogP contribution in [0.4, 0.5) is 10.1 Å². The van der Waals surface area contributed by atoms with E-state index in [1.165, 1.54) is 35.9 Å². The molecule has 28 heavy (non-hydrogen) atoms. The number of esters is 1. The molecule has 0 unspecified atom stereocenters. The van der Waals surface area contributed by atoms with Crippen molar-refractivity contribution in [3.8, 4) is 0 Å². The van der Waals surface area contributed by atoms with E-state index in [9.17, 15) is 18.8 Å². The van der Waals surface area contributed by atoms with Crippen molar-refractivity contribution in [3.05, 3.63) is 64.7 Å². The van der Waals surface area contributed by atoms with E-state index in [-0.39, 0.29) is 23.4 Å². The lowest BCUT2D eigenvalue weighted by Gasteiger charge is -2.12. The van der Waals surface area contributed by atoms with Gasteiger partial charge in [-0.05, 0) is 36.4 Å². The van der Waals surface area contributed by atoms with Gasteiger partial charge in [-0.2, -0.15) is 0 Å². The normalized spacial score (nSPS) is 10.6. The maximum Gasteiger partial charge on any atom is 0.325 e. The number of aromatic nitrogens is 2. The molecule has 9 heteroatoms. The zero-order valence-electron chi connectivity index (χ0n) is 14.8. The van der Waals surface area contributed by atoms with E-state index in [1.807, 2.05) is 0 Å². The topological polar surface area (TPSA) is 90.3 Å². The number of nitrogens with one attached hydrogen (secondary N) is 1. The molecule has 0 atom stereocenters. The smallest absolute Gasteiger partial charge is 0.325 e. The molecule has 3 aromatic rings. The Morgan fingerprint density at radius 2 is 1.89 bits per heavy atom. The van der Waals surface area contributed by atoms with E-state index in [4.69, 9.17) is 0 Å². The van der Waals surface area contributed by atoms with E-state index in [2.05, 4.69) is 15.0 Å². The van der Waals surface area contributed by atoms with Gasteiger partial charge < -0.3 is 10.1 Å². The number of hydrogen-bond acceptors (Lipinski definition) is 6. The number of para-hydroxylation sites is 1. The molecule has 0 spiro atoms. The number of thioether (sulfide) groups is 1. The lowest BCUT2D eigenvalue weighted by Crippen LogP contribution is -2.28. The molecule has 0 radical (unpaired) electrons. The third-order valence-electron chi connectivity index (χ3n) is 3.80. The number of methoxy groups -OCH3 is 1. The first-order valence-electron chi connectivity index (χ1n) is 8.22. The second kappa shape index (κ2) is 8.66. The summed E-state index contributed by atoms with van der Waals surface area (Å²) in [5.41, 5.74) is 0.526. The number of amides is 1. The number of benzene rings is 2. The third-order valence-corrected chi connectivity index (χ3v) is 4.78. The van der Waals surface area contributed by atoms with Gasteiger partial charge in [0.15, 0.2) is 5.16 Å². The van der Waals surface area contributed by atoms with Crippen LogP contribution >= 0.6 is 11.8 Å². The predicted molar refractivity (Wildman–Crippen MR) is 104 cm³/mol. The van der Waals surface area contributed by atoms with E-state index in [0.29, 0.717) is 16.6 Å². The Balaban J connectivity index is 1.83. The van der Waals surface area contributed by atoms with Crippen molar-refractivity contribution in [3.63, 3.8) is 0 Å². The Hall–Kier alpha value is -3.20. The third kappa shape index (κ3) is 4.55. The molecule has 0 aliphatic rings. The number of nitrogens with zero attached hydrogens (tertiary/aromatic N) is 2. The Kier molecular flexibility index (Phi) is 6.05. The van der Waals surface area contributed by atoms with Gasteiger partial charge in [0.1, 0.15) is 12.4 Å². The average molecular weight is 401 g/mol. The summed E-state index contributed by atoms with van der Waals surface area (Å²) in [5.74, 6) is -1.41. The molecule has 0 bridgehead atoms. The minimum absolute atomic E-state index is 0.0523. The molecule has 7 nitrogen and oxygen atoms in total. The molecule has 0 saturated heterocycles. The number of carbonyl (C=O) groups is 2. The van der Waals surface area contributed by atoms with Crippen LogP contribution in [0.5, 0.6) is 0 Å². The highest BCUT2D eigenvalue weighted by molar-refractivity contribution is 7.99. The lowest BCUT2D eigenvalue weighted by atomic mass is 10.2. The fraction of sp³-hybridized carbons (Fsp3) is 0.158. The van der Waals surface area contributed by atoms with Gasteiger partial charge in [-0.15, -0.1) is 0 Å². The summed E-state index contributed by atoms with van der Waals surface area (Å²) in [6.07, 6.45) is 0. The SMILES string of the molecule is COC(=O)Cn1c(SCC(=O)Nc2ccc(F)cc2)nc2ccccc2c1=O. The number of rotatable bonds is 6. The molecule has 1 heterocycles. The predicted octanol–water partition coefficient (Wildman–Crippen LogP) is 2.44. The minimum atomic E-state index is -0.600. The molecule has 1 aromatic heterocycles. The summed E-state index contributed by atoms with van der Waals surface area (Å²) in [4.78, 5) is 41.0. The van der Waals surface area contributed by atoms with Gasteiger partial charge >= 0.3 is 5.97 Å². The van der Waals surface area contributed by atoms with Crippen LogP contribution in [0.1, 0.15) is 0 Å². The highest BCUT2D eigenvalue weighted by Crippen LogP contribution is 2.18. The summed E-state index contributed by atoms with van der Waals surface area (Å²) < 4.78 is 18.8. The van der Waals surface area contributed by atoms with Gasteiger partial charge in [0, 0.05) is 5.69 Å². The highest BCUT2D eigenvalue weighted by atomic mass is 32.2. The number of carbonyl (C=O) groups excluding carboxylic acids is 2. The van der Waals surface area contributed by atoms with Crippen LogP contribution in [0, 0.1) is 5.82 Å². The van der Waals surface area contributed by atoms with Gasteiger partial charge in [0.25, 0.3) is 5.56 Å². The number of hydrogen-bond donors (Lipinski definition) is 1. The van der Waals surface area contributed by atoms with Crippen LogP contribution in [0.25, 0.3) is 10.9 Å². The first-order valence-corrected chi connectivity index (χ1v) is 9.21. The maximum absolute atomic E-state index is 12.9. The van der Waals surface area contributed by atoms with Crippen LogP contribution in [0.2, 0.25) is 0 Å². The van der Waals surface area contributed by atoms with E-state index in [1.54, 1.807) is 24.3 Å². The van der Waals surface area contributed by atoms with E-state index >= 15 is 0 Å². The second-order valence-electron chi connectivity index (χ2n) is 5.72. The molecular formula is C19H16FN3O4S. The molecule has 0 aliphatic heterocycles. The van der Waals surface area contributed by atoms with Crippen molar-refractivity contribution in [2.75, 3.05) is 18.2 Å². The van der Waals surface area contributed by atoms with E-state index < -0.39 is 17.3 Å². The second-order valence-corrected chi connectivity index (χ2v) is 6.67. The van der Waals surface area contributed by atoms with Gasteiger partial charge in [-0.25, -0.2) is 9.37 Å². The summed E-state index contributed by atoms with van der Waals surface area (Å²) in [5, 5.41) is 3.22. The molecule has 0 saturated carbocycles. The molecule has 0 fully saturated rings. The Morgan fingerprint density at radius 3 is 2.61 bits per heavy atom. The van der Waals surface area contributed by atoms with Crippen LogP contribution in [-0.2, 0) is 20.9 Å². The van der Waals surface area contributed by atoms with E-state index in [0.717, 1.165) is 11.8 Å². The summed E-state index contributed by atoms with van der Waals surface area (Å²) in [7, 11) is 1.23. The van der Waals surface area contributed by atoms with Crippen molar-refractivity contribution in [1.82, 2.24) is 9.55 Å². The van der Waals surface area contributed by atoms with Gasteiger partial charge in [-0.1, -0.05) is 23.9 Å². The van der Waals surface area contributed by atoms with Gasteiger partial charge in [0.05, 0.1) is 23.8 Å². The monoisotopic (exact) mass is 401 g/mol. The summed E-state index contributed by atoms with van der Waals surface area (Å²) in [6, 6.07) is 12.1. The molecule has 0 aliphatic carbocycles. The number of anilines is 1. The fourth-order valence-corrected chi connectivity index (χ4v) is 3.25. The van der Waals surface area contributed by atoms with Crippen LogP contribution < -0.4 is 10.9 Å². The average Bonchev–Trinajstić information content (AvgIpc) is 2.70. The largest absolute Gasteiger partial charge is 0.468 e. The van der Waals surface area contributed by atoms with Gasteiger partial charge in [0.2, 0.25) is 5.91 Å². The number of ether oxygens (including phenoxy) is 1. The highest BCUT2D eigenvalue weighted by Gasteiger charge is 2.16. The number of fused-ring (bicyclic) bond motifs is 1. The zero-order valence-corrected chi connectivity index (χ0v) is 15.7. The molecule has 1 amide bonds. The first kappa shape index (κ1) is 19.6. The molecule has 3 rings (SSSR count). The van der Waals surface area contributed by atoms with Gasteiger partial charge in [-0.3, -0.25) is 19.0 Å². The standard InChI is InChI=1S/C19H16FN3O4S/c1-27-17(25)10-23-18(26)14-4-2-3-5-15(14)22-19(23)28-11-16(24)21-13-8-6-12(20)7-9-13/h2-9H,10-11H2,1H3,(H,21,24). The minimum Gasteiger partial charge on any atom is -0.468 e. The molecular weight excluding hydrogens is 385 g/mol. The molecule has 1 N–H and O–H groups in total.